The Morgan fingerprint density at radius 3 is 2.17 bits per heavy atom. The van der Waals surface area contributed by atoms with Crippen molar-refractivity contribution in [1.29, 1.82) is 0 Å². The largest absolute Gasteiger partial charge is 0.493 e. The lowest BCUT2D eigenvalue weighted by molar-refractivity contribution is 0.100. The van der Waals surface area contributed by atoms with Crippen molar-refractivity contribution in [3.8, 4) is 33.9 Å². The number of ether oxygens (including phenoxy) is 2. The first-order valence-corrected chi connectivity index (χ1v) is 8.98. The number of nitrogens with two attached hydrogens (primary N) is 1. The minimum atomic E-state index is -0.445. The van der Waals surface area contributed by atoms with E-state index in [1.54, 1.807) is 32.7 Å². The predicted molar refractivity (Wildman–Crippen MR) is 112 cm³/mol. The number of primary amides is 1. The molecule has 4 rings (SSSR count). The highest BCUT2D eigenvalue weighted by Gasteiger charge is 2.12. The summed E-state index contributed by atoms with van der Waals surface area (Å²) >= 11 is 0. The first-order valence-electron chi connectivity index (χ1n) is 8.98. The lowest BCUT2D eigenvalue weighted by atomic mass is 9.99. The topological polar surface area (TPSA) is 87.3 Å². The number of hydrogen-bond donors (Lipinski definition) is 1. The molecule has 0 aliphatic rings. The van der Waals surface area contributed by atoms with Crippen LogP contribution in [0.1, 0.15) is 10.4 Å². The standard InChI is InChI=1S/C23H19N3O3/c1-28-20-10-8-17(12-21(20)29-2)22-18-11-16(7-9-19(18)25-13-26-22)14-3-5-15(6-4-14)23(24)27/h3-13H,1-2H3,(H2,24,27). The van der Waals surface area contributed by atoms with Gasteiger partial charge in [-0.05, 0) is 53.6 Å². The van der Waals surface area contributed by atoms with Crippen LogP contribution in [-0.4, -0.2) is 30.1 Å². The van der Waals surface area contributed by atoms with Crippen molar-refractivity contribution in [3.63, 3.8) is 0 Å². The van der Waals surface area contributed by atoms with Crippen LogP contribution in [-0.2, 0) is 0 Å². The molecule has 3 aromatic carbocycles. The number of carbonyl (C=O) groups excluding carboxylic acids is 1. The van der Waals surface area contributed by atoms with Gasteiger partial charge in [0.15, 0.2) is 11.5 Å². The maximum absolute atomic E-state index is 11.3. The van der Waals surface area contributed by atoms with E-state index in [0.29, 0.717) is 17.1 Å². The van der Waals surface area contributed by atoms with Crippen LogP contribution in [0.4, 0.5) is 0 Å². The fourth-order valence-electron chi connectivity index (χ4n) is 3.28. The molecule has 0 aliphatic heterocycles. The van der Waals surface area contributed by atoms with Crippen molar-refractivity contribution in [2.45, 2.75) is 0 Å². The van der Waals surface area contributed by atoms with Crippen LogP contribution in [0.2, 0.25) is 0 Å². The Morgan fingerprint density at radius 1 is 0.793 bits per heavy atom. The van der Waals surface area contributed by atoms with E-state index in [0.717, 1.165) is 33.3 Å². The van der Waals surface area contributed by atoms with Crippen LogP contribution >= 0.6 is 0 Å². The molecule has 0 spiro atoms. The lowest BCUT2D eigenvalue weighted by Gasteiger charge is -2.11. The summed E-state index contributed by atoms with van der Waals surface area (Å²) in [4.78, 5) is 20.2. The third-order valence-corrected chi connectivity index (χ3v) is 4.80. The number of fused-ring (bicyclic) bond motifs is 1. The number of aromatic nitrogens is 2. The van der Waals surface area contributed by atoms with Gasteiger partial charge in [0.25, 0.3) is 0 Å². The predicted octanol–water partition coefficient (Wildman–Crippen LogP) is 4.08. The van der Waals surface area contributed by atoms with E-state index in [-0.39, 0.29) is 0 Å². The smallest absolute Gasteiger partial charge is 0.248 e. The summed E-state index contributed by atoms with van der Waals surface area (Å²) in [5, 5.41) is 0.913. The maximum atomic E-state index is 11.3. The second-order valence-electron chi connectivity index (χ2n) is 6.47. The summed E-state index contributed by atoms with van der Waals surface area (Å²) in [7, 11) is 3.21. The molecule has 144 valence electrons. The van der Waals surface area contributed by atoms with Gasteiger partial charge in [-0.2, -0.15) is 0 Å². The summed E-state index contributed by atoms with van der Waals surface area (Å²) < 4.78 is 10.8. The first kappa shape index (κ1) is 18.4. The Bertz CT molecular complexity index is 1200. The number of amides is 1. The minimum Gasteiger partial charge on any atom is -0.493 e. The third-order valence-electron chi connectivity index (χ3n) is 4.80. The van der Waals surface area contributed by atoms with E-state index in [2.05, 4.69) is 9.97 Å². The highest BCUT2D eigenvalue weighted by atomic mass is 16.5. The Hall–Kier alpha value is -3.93. The zero-order chi connectivity index (χ0) is 20.4. The van der Waals surface area contributed by atoms with E-state index in [1.165, 1.54) is 0 Å². The zero-order valence-corrected chi connectivity index (χ0v) is 16.0. The van der Waals surface area contributed by atoms with E-state index in [4.69, 9.17) is 15.2 Å². The lowest BCUT2D eigenvalue weighted by Crippen LogP contribution is -2.10. The molecule has 0 aliphatic carbocycles. The quantitative estimate of drug-likeness (QED) is 0.559. The van der Waals surface area contributed by atoms with Gasteiger partial charge in [0, 0.05) is 16.5 Å². The van der Waals surface area contributed by atoms with E-state index in [9.17, 15) is 4.79 Å². The first-order chi connectivity index (χ1) is 14.1. The van der Waals surface area contributed by atoms with Crippen LogP contribution in [0.3, 0.4) is 0 Å². The number of hydrogen-bond acceptors (Lipinski definition) is 5. The monoisotopic (exact) mass is 385 g/mol. The van der Waals surface area contributed by atoms with Crippen LogP contribution in [0.15, 0.2) is 67.0 Å². The van der Waals surface area contributed by atoms with Crippen molar-refractivity contribution in [2.75, 3.05) is 14.2 Å². The van der Waals surface area contributed by atoms with Crippen molar-refractivity contribution in [3.05, 3.63) is 72.6 Å². The van der Waals surface area contributed by atoms with E-state index >= 15 is 0 Å². The normalized spacial score (nSPS) is 10.7. The van der Waals surface area contributed by atoms with Gasteiger partial charge in [-0.15, -0.1) is 0 Å². The maximum Gasteiger partial charge on any atom is 0.248 e. The molecule has 0 saturated heterocycles. The zero-order valence-electron chi connectivity index (χ0n) is 16.0. The van der Waals surface area contributed by atoms with Gasteiger partial charge in [0.05, 0.1) is 25.4 Å². The summed E-state index contributed by atoms with van der Waals surface area (Å²) in [6.07, 6.45) is 1.55. The fourth-order valence-corrected chi connectivity index (χ4v) is 3.28. The molecule has 6 heteroatoms. The number of rotatable bonds is 5. The van der Waals surface area contributed by atoms with Crippen LogP contribution in [0.5, 0.6) is 11.5 Å². The molecular formula is C23H19N3O3. The highest BCUT2D eigenvalue weighted by Crippen LogP contribution is 2.35. The van der Waals surface area contributed by atoms with Crippen molar-refractivity contribution < 1.29 is 14.3 Å². The molecule has 1 aromatic heterocycles. The molecule has 6 nitrogen and oxygen atoms in total. The van der Waals surface area contributed by atoms with Gasteiger partial charge >= 0.3 is 0 Å². The molecule has 4 aromatic rings. The molecule has 0 atom stereocenters. The second kappa shape index (κ2) is 7.59. The molecule has 1 amide bonds. The number of nitrogens with zero attached hydrogens (tertiary/aromatic N) is 2. The summed E-state index contributed by atoms with van der Waals surface area (Å²) in [5.41, 5.74) is 10.3. The second-order valence-corrected chi connectivity index (χ2v) is 6.47. The Kier molecular flexibility index (Phi) is 4.83. The molecule has 0 saturated carbocycles. The average Bonchev–Trinajstić information content (AvgIpc) is 2.77. The third kappa shape index (κ3) is 3.48. The fraction of sp³-hybridized carbons (Fsp3) is 0.0870. The Balaban J connectivity index is 1.84. The van der Waals surface area contributed by atoms with Gasteiger partial charge in [0.2, 0.25) is 5.91 Å². The summed E-state index contributed by atoms with van der Waals surface area (Å²) in [6, 6.07) is 18.9. The SMILES string of the molecule is COc1ccc(-c2ncnc3ccc(-c4ccc(C(N)=O)cc4)cc23)cc1OC. The number of benzene rings is 3. The molecule has 2 N–H and O–H groups in total. The van der Waals surface area contributed by atoms with Gasteiger partial charge in [0.1, 0.15) is 6.33 Å². The average molecular weight is 385 g/mol. The van der Waals surface area contributed by atoms with Gasteiger partial charge in [-0.25, -0.2) is 9.97 Å². The molecule has 29 heavy (non-hydrogen) atoms. The van der Waals surface area contributed by atoms with E-state index in [1.807, 2.05) is 48.5 Å². The van der Waals surface area contributed by atoms with Gasteiger partial charge in [-0.3, -0.25) is 4.79 Å². The number of methoxy groups -OCH3 is 2. The molecule has 1 heterocycles. The van der Waals surface area contributed by atoms with Gasteiger partial charge < -0.3 is 15.2 Å². The molecule has 0 bridgehead atoms. The van der Waals surface area contributed by atoms with Crippen LogP contribution in [0.25, 0.3) is 33.3 Å². The van der Waals surface area contributed by atoms with Crippen molar-refractivity contribution in [2.24, 2.45) is 5.73 Å². The van der Waals surface area contributed by atoms with E-state index < -0.39 is 5.91 Å². The molecular weight excluding hydrogens is 366 g/mol. The van der Waals surface area contributed by atoms with Crippen molar-refractivity contribution in [1.82, 2.24) is 9.97 Å². The van der Waals surface area contributed by atoms with Crippen LogP contribution in [0, 0.1) is 0 Å². The van der Waals surface area contributed by atoms with Crippen LogP contribution < -0.4 is 15.2 Å². The Morgan fingerprint density at radius 2 is 1.48 bits per heavy atom. The molecule has 0 radical (unpaired) electrons. The number of carbonyl (C=O) groups is 1. The molecule has 0 fully saturated rings. The minimum absolute atomic E-state index is 0.445. The van der Waals surface area contributed by atoms with Gasteiger partial charge in [-0.1, -0.05) is 18.2 Å². The summed E-state index contributed by atoms with van der Waals surface area (Å²) in [5.74, 6) is 0.846. The van der Waals surface area contributed by atoms with Crippen molar-refractivity contribution >= 4 is 16.8 Å². The molecule has 0 unspecified atom stereocenters. The summed E-state index contributed by atoms with van der Waals surface area (Å²) in [6.45, 7) is 0. The Labute approximate surface area is 167 Å². The highest BCUT2D eigenvalue weighted by molar-refractivity contribution is 5.96.